The number of hydrogen-bond acceptors (Lipinski definition) is 4. The summed E-state index contributed by atoms with van der Waals surface area (Å²) in [5.74, 6) is 3.27. The molecule has 1 amide bonds. The SMILES string of the molecule is COc1cccc(OC)c1C(=O)NC(=S)NC(C)C12CC3CC(CC(C3)C1)C2. The van der Waals surface area contributed by atoms with E-state index in [-0.39, 0.29) is 11.9 Å². The lowest BCUT2D eigenvalue weighted by Gasteiger charge is -2.59. The van der Waals surface area contributed by atoms with Gasteiger partial charge < -0.3 is 14.8 Å². The van der Waals surface area contributed by atoms with E-state index < -0.39 is 0 Å². The Morgan fingerprint density at radius 3 is 2.04 bits per heavy atom. The van der Waals surface area contributed by atoms with Crippen LogP contribution < -0.4 is 20.1 Å². The second-order valence-electron chi connectivity index (χ2n) is 8.97. The van der Waals surface area contributed by atoms with E-state index >= 15 is 0 Å². The Kier molecular flexibility index (Phi) is 5.25. The lowest BCUT2D eigenvalue weighted by Crippen LogP contribution is -2.57. The van der Waals surface area contributed by atoms with Crippen molar-refractivity contribution in [3.05, 3.63) is 23.8 Å². The number of ether oxygens (including phenoxy) is 2. The summed E-state index contributed by atoms with van der Waals surface area (Å²) in [6.07, 6.45) is 8.14. The Labute approximate surface area is 172 Å². The van der Waals surface area contributed by atoms with E-state index in [1.54, 1.807) is 18.2 Å². The molecule has 0 spiro atoms. The van der Waals surface area contributed by atoms with Gasteiger partial charge in [-0.3, -0.25) is 10.1 Å². The van der Waals surface area contributed by atoms with Crippen LogP contribution in [0.5, 0.6) is 11.5 Å². The Morgan fingerprint density at radius 2 is 1.57 bits per heavy atom. The normalized spacial score (nSPS) is 31.2. The number of thiocarbonyl (C=S) groups is 1. The van der Waals surface area contributed by atoms with E-state index in [1.807, 2.05) is 0 Å². The van der Waals surface area contributed by atoms with Gasteiger partial charge in [-0.2, -0.15) is 0 Å². The molecule has 4 fully saturated rings. The average Bonchev–Trinajstić information content (AvgIpc) is 2.65. The number of amides is 1. The number of hydrogen-bond donors (Lipinski definition) is 2. The molecule has 4 aliphatic carbocycles. The predicted molar refractivity (Wildman–Crippen MR) is 113 cm³/mol. The van der Waals surface area contributed by atoms with Gasteiger partial charge in [0.2, 0.25) is 0 Å². The number of benzene rings is 1. The van der Waals surface area contributed by atoms with Crippen molar-refractivity contribution >= 4 is 23.2 Å². The number of methoxy groups -OCH3 is 2. The van der Waals surface area contributed by atoms with E-state index in [9.17, 15) is 4.79 Å². The quantitative estimate of drug-likeness (QED) is 0.731. The van der Waals surface area contributed by atoms with Gasteiger partial charge in [-0.05, 0) is 93.0 Å². The molecule has 0 aliphatic heterocycles. The molecular weight excluding hydrogens is 372 g/mol. The second-order valence-corrected chi connectivity index (χ2v) is 9.37. The van der Waals surface area contributed by atoms with Gasteiger partial charge in [-0.15, -0.1) is 0 Å². The molecule has 6 heteroatoms. The molecule has 2 N–H and O–H groups in total. The molecule has 5 nitrogen and oxygen atoms in total. The smallest absolute Gasteiger partial charge is 0.264 e. The minimum Gasteiger partial charge on any atom is -0.496 e. The van der Waals surface area contributed by atoms with Crippen LogP contribution in [0.4, 0.5) is 0 Å². The molecule has 1 aromatic carbocycles. The minimum atomic E-state index is -0.315. The van der Waals surface area contributed by atoms with Crippen molar-refractivity contribution in [2.45, 2.75) is 51.5 Å². The van der Waals surface area contributed by atoms with Crippen molar-refractivity contribution in [1.82, 2.24) is 10.6 Å². The number of carbonyl (C=O) groups excluding carboxylic acids is 1. The van der Waals surface area contributed by atoms with Gasteiger partial charge in [0.1, 0.15) is 17.1 Å². The zero-order valence-electron chi connectivity index (χ0n) is 16.9. The standard InChI is InChI=1S/C22H30N2O3S/c1-13(22-10-14-7-15(11-22)9-16(8-14)12-22)23-21(28)24-20(25)19-17(26-2)5-4-6-18(19)27-3/h4-6,13-16H,7-12H2,1-3H3,(H2,23,24,25,28). The lowest BCUT2D eigenvalue weighted by molar-refractivity contribution is -0.0672. The predicted octanol–water partition coefficient (Wildman–Crippen LogP) is 3.91. The van der Waals surface area contributed by atoms with Crippen LogP contribution in [0.2, 0.25) is 0 Å². The second kappa shape index (κ2) is 7.54. The molecule has 5 rings (SSSR count). The van der Waals surface area contributed by atoms with E-state index in [4.69, 9.17) is 21.7 Å². The molecule has 152 valence electrons. The third-order valence-electron chi connectivity index (χ3n) is 7.23. The molecule has 4 saturated carbocycles. The van der Waals surface area contributed by atoms with Crippen LogP contribution in [0.15, 0.2) is 18.2 Å². The number of nitrogens with one attached hydrogen (secondary N) is 2. The highest BCUT2D eigenvalue weighted by molar-refractivity contribution is 7.80. The van der Waals surface area contributed by atoms with Crippen molar-refractivity contribution in [2.24, 2.45) is 23.2 Å². The third kappa shape index (κ3) is 3.47. The van der Waals surface area contributed by atoms with E-state index in [0.717, 1.165) is 17.8 Å². The van der Waals surface area contributed by atoms with Crippen LogP contribution in [0.3, 0.4) is 0 Å². The van der Waals surface area contributed by atoms with Gasteiger partial charge in [-0.25, -0.2) is 0 Å². The average molecular weight is 403 g/mol. The lowest BCUT2D eigenvalue weighted by atomic mass is 9.48. The molecule has 0 saturated heterocycles. The van der Waals surface area contributed by atoms with E-state index in [2.05, 4.69) is 17.6 Å². The van der Waals surface area contributed by atoms with Crippen molar-refractivity contribution in [2.75, 3.05) is 14.2 Å². The largest absolute Gasteiger partial charge is 0.496 e. The van der Waals surface area contributed by atoms with Gasteiger partial charge in [0.25, 0.3) is 5.91 Å². The first kappa shape index (κ1) is 19.5. The van der Waals surface area contributed by atoms with Crippen LogP contribution in [0, 0.1) is 23.2 Å². The van der Waals surface area contributed by atoms with Crippen LogP contribution in [-0.4, -0.2) is 31.3 Å². The fourth-order valence-electron chi connectivity index (χ4n) is 6.33. The summed E-state index contributed by atoms with van der Waals surface area (Å²) in [4.78, 5) is 12.8. The summed E-state index contributed by atoms with van der Waals surface area (Å²) in [5, 5.41) is 6.64. The van der Waals surface area contributed by atoms with Crippen molar-refractivity contribution in [3.63, 3.8) is 0 Å². The highest BCUT2D eigenvalue weighted by Gasteiger charge is 2.53. The van der Waals surface area contributed by atoms with Gasteiger partial charge in [0.15, 0.2) is 5.11 Å². The molecule has 1 unspecified atom stereocenters. The maximum absolute atomic E-state index is 12.8. The molecule has 1 atom stereocenters. The highest BCUT2D eigenvalue weighted by Crippen LogP contribution is 2.61. The van der Waals surface area contributed by atoms with Crippen molar-refractivity contribution in [3.8, 4) is 11.5 Å². The Hall–Kier alpha value is -1.82. The molecular formula is C22H30N2O3S. The van der Waals surface area contributed by atoms with Gasteiger partial charge in [-0.1, -0.05) is 6.07 Å². The maximum atomic E-state index is 12.8. The zero-order valence-corrected chi connectivity index (χ0v) is 17.7. The third-order valence-corrected chi connectivity index (χ3v) is 7.45. The van der Waals surface area contributed by atoms with Crippen molar-refractivity contribution < 1.29 is 14.3 Å². The molecule has 0 heterocycles. The van der Waals surface area contributed by atoms with Gasteiger partial charge in [0.05, 0.1) is 14.2 Å². The van der Waals surface area contributed by atoms with Crippen LogP contribution >= 0.6 is 12.2 Å². The summed E-state index contributed by atoms with van der Waals surface area (Å²) in [5.41, 5.74) is 0.685. The summed E-state index contributed by atoms with van der Waals surface area (Å²) in [7, 11) is 3.08. The van der Waals surface area contributed by atoms with Crippen molar-refractivity contribution in [1.29, 1.82) is 0 Å². The fraction of sp³-hybridized carbons (Fsp3) is 0.636. The van der Waals surface area contributed by atoms with Crippen LogP contribution in [0.1, 0.15) is 55.8 Å². The van der Waals surface area contributed by atoms with Gasteiger partial charge >= 0.3 is 0 Å². The van der Waals surface area contributed by atoms with E-state index in [1.165, 1.54) is 52.7 Å². The zero-order chi connectivity index (χ0) is 19.9. The van der Waals surface area contributed by atoms with E-state index in [0.29, 0.717) is 27.6 Å². The van der Waals surface area contributed by atoms with Crippen LogP contribution in [0.25, 0.3) is 0 Å². The topological polar surface area (TPSA) is 59.6 Å². The Morgan fingerprint density at radius 1 is 1.07 bits per heavy atom. The molecule has 28 heavy (non-hydrogen) atoms. The van der Waals surface area contributed by atoms with Crippen LogP contribution in [-0.2, 0) is 0 Å². The molecule has 1 aromatic rings. The summed E-state index contributed by atoms with van der Waals surface area (Å²) >= 11 is 5.50. The number of rotatable bonds is 5. The summed E-state index contributed by atoms with van der Waals surface area (Å²) in [6.45, 7) is 2.23. The number of carbonyl (C=O) groups is 1. The Bertz CT molecular complexity index is 722. The first-order valence-corrected chi connectivity index (χ1v) is 10.7. The highest BCUT2D eigenvalue weighted by atomic mass is 32.1. The summed E-state index contributed by atoms with van der Waals surface area (Å²) in [6, 6.07) is 5.53. The minimum absolute atomic E-state index is 0.258. The maximum Gasteiger partial charge on any atom is 0.264 e. The molecule has 4 bridgehead atoms. The first-order chi connectivity index (χ1) is 13.4. The fourth-order valence-corrected chi connectivity index (χ4v) is 6.60. The monoisotopic (exact) mass is 402 g/mol. The summed E-state index contributed by atoms with van der Waals surface area (Å²) < 4.78 is 10.7. The molecule has 0 aromatic heterocycles. The molecule has 0 radical (unpaired) electrons. The first-order valence-electron chi connectivity index (χ1n) is 10.3. The van der Waals surface area contributed by atoms with Gasteiger partial charge in [0, 0.05) is 6.04 Å². The Balaban J connectivity index is 1.43. The molecule has 4 aliphatic rings.